The van der Waals surface area contributed by atoms with Crippen molar-refractivity contribution in [2.24, 2.45) is 53.3 Å². The van der Waals surface area contributed by atoms with Gasteiger partial charge in [-0.3, -0.25) is 4.79 Å². The van der Waals surface area contributed by atoms with E-state index in [0.29, 0.717) is 49.9 Å². The van der Waals surface area contributed by atoms with E-state index in [4.69, 9.17) is 61.6 Å². The van der Waals surface area contributed by atoms with Gasteiger partial charge in [-0.1, -0.05) is 130 Å². The molecule has 12 aliphatic rings. The molecule has 1 N–H and O–H groups in total. The Labute approximate surface area is 489 Å². The van der Waals surface area contributed by atoms with Gasteiger partial charge in [-0.05, 0) is 80.5 Å². The first-order chi connectivity index (χ1) is 39.3. The van der Waals surface area contributed by atoms with Gasteiger partial charge in [-0.25, -0.2) is 0 Å². The number of hydrogen-bond acceptors (Lipinski definition) is 14. The first-order valence-corrected chi connectivity index (χ1v) is 32.4. The highest BCUT2D eigenvalue weighted by Crippen LogP contribution is 2.54. The third kappa shape index (κ3) is 11.6. The van der Waals surface area contributed by atoms with Crippen molar-refractivity contribution in [1.29, 1.82) is 0 Å². The minimum absolute atomic E-state index is 0.0594. The van der Waals surface area contributed by atoms with Crippen LogP contribution in [-0.2, 0) is 66.4 Å². The average molecular weight is 1150 g/mol. The summed E-state index contributed by atoms with van der Waals surface area (Å²) in [6, 6.07) is 0. The smallest absolute Gasteiger partial charge is 0.306 e. The number of carboxylic acid groups (broad SMARTS) is 1. The zero-order chi connectivity index (χ0) is 57.5. The number of hydrogen-bond donors (Lipinski definition) is 1. The van der Waals surface area contributed by atoms with Crippen molar-refractivity contribution in [1.82, 2.24) is 0 Å². The molecule has 0 aliphatic carbocycles. The molecule has 0 radical (unpaired) electrons. The van der Waals surface area contributed by atoms with E-state index < -0.39 is 60.1 Å². The van der Waals surface area contributed by atoms with Gasteiger partial charge in [0.25, 0.3) is 0 Å². The van der Waals surface area contributed by atoms with Crippen LogP contribution in [-0.4, -0.2) is 163 Å². The molecular weight excluding hydrogens is 1040 g/mol. The maximum Gasteiger partial charge on any atom is 0.306 e. The zero-order valence-electron chi connectivity index (χ0n) is 50.9. The molecule has 0 aromatic rings. The monoisotopic (exact) mass is 1140 g/mol. The SMILES string of the molecule is C=CC[C@H]1O[C@H]2C=C[C@H]3O[C@H]4[C@H](C)[C@H]5O[C@@H](/C=C/[C@H](C)CC)C=CC[C@@H]5O[C@@H]4C[C@@H]3O[C@@H]2C=C[C@@H]1O[C@@H]1C[C@@H](C)[C@]2(C)O[C@@H]3C[C@H](C)C[C@@H]4O[C@H]5[C@H](C[C@H]4O[C@H]3C[C@H]2O[C@H]1CC(=O)O)O[C@@H]1[C@@H](C)[C@H](C)[C@@]2(C[C@H](C)CO2)O[C@H]1C(C)[C@@H]5C. The number of rotatable bonds is 9. The molecule has 9 saturated heterocycles. The summed E-state index contributed by atoms with van der Waals surface area (Å²) >= 11 is 0. The van der Waals surface area contributed by atoms with E-state index in [1.54, 1.807) is 0 Å². The maximum atomic E-state index is 12.9. The minimum atomic E-state index is -0.949. The Bertz CT molecular complexity index is 2360. The lowest BCUT2D eigenvalue weighted by molar-refractivity contribution is -0.335. The maximum absolute atomic E-state index is 12.9. The molecule has 15 nitrogen and oxygen atoms in total. The van der Waals surface area contributed by atoms with E-state index in [-0.39, 0.29) is 133 Å². The van der Waals surface area contributed by atoms with Gasteiger partial charge in [0.05, 0.1) is 129 Å². The third-order valence-corrected chi connectivity index (χ3v) is 22.5. The van der Waals surface area contributed by atoms with Crippen molar-refractivity contribution in [2.75, 3.05) is 6.61 Å². The molecular formula is C67H100O15. The molecule has 0 saturated carbocycles. The van der Waals surface area contributed by atoms with Gasteiger partial charge in [-0.2, -0.15) is 0 Å². The molecule has 12 heterocycles. The number of carboxylic acids is 1. The van der Waals surface area contributed by atoms with Crippen molar-refractivity contribution in [3.8, 4) is 0 Å². The van der Waals surface area contributed by atoms with Crippen LogP contribution in [0.4, 0.5) is 0 Å². The second-order valence-electron chi connectivity index (χ2n) is 28.2. The topological polar surface area (TPSA) is 157 Å². The highest BCUT2D eigenvalue weighted by molar-refractivity contribution is 5.67. The van der Waals surface area contributed by atoms with Crippen LogP contribution < -0.4 is 0 Å². The number of ether oxygens (including phenoxy) is 13. The van der Waals surface area contributed by atoms with E-state index in [9.17, 15) is 9.90 Å². The summed E-state index contributed by atoms with van der Waals surface area (Å²) in [5.74, 6) is 0.580. The van der Waals surface area contributed by atoms with Gasteiger partial charge in [0.2, 0.25) is 0 Å². The fourth-order valence-corrected chi connectivity index (χ4v) is 16.9. The Morgan fingerprint density at radius 3 is 2.09 bits per heavy atom. The second-order valence-corrected chi connectivity index (χ2v) is 28.2. The van der Waals surface area contributed by atoms with Crippen LogP contribution in [0.2, 0.25) is 0 Å². The molecule has 0 aromatic heterocycles. The predicted molar refractivity (Wildman–Crippen MR) is 307 cm³/mol. The highest BCUT2D eigenvalue weighted by Gasteiger charge is 2.62. The van der Waals surface area contributed by atoms with Crippen molar-refractivity contribution in [3.05, 3.63) is 61.3 Å². The summed E-state index contributed by atoms with van der Waals surface area (Å²) in [4.78, 5) is 12.9. The third-order valence-electron chi connectivity index (χ3n) is 22.5. The summed E-state index contributed by atoms with van der Waals surface area (Å²) < 4.78 is 91.9. The van der Waals surface area contributed by atoms with Gasteiger partial charge in [0.15, 0.2) is 5.79 Å². The van der Waals surface area contributed by atoms with Crippen LogP contribution in [0.1, 0.15) is 147 Å². The van der Waals surface area contributed by atoms with Gasteiger partial charge >= 0.3 is 5.97 Å². The lowest BCUT2D eigenvalue weighted by atomic mass is 9.73. The molecule has 82 heavy (non-hydrogen) atoms. The van der Waals surface area contributed by atoms with Crippen LogP contribution >= 0.6 is 0 Å². The number of allylic oxidation sites excluding steroid dienone is 1. The van der Waals surface area contributed by atoms with E-state index in [2.05, 4.69) is 131 Å². The summed E-state index contributed by atoms with van der Waals surface area (Å²) in [5, 5.41) is 10.6. The minimum Gasteiger partial charge on any atom is -0.481 e. The molecule has 33 atom stereocenters. The van der Waals surface area contributed by atoms with Crippen molar-refractivity contribution in [3.63, 3.8) is 0 Å². The van der Waals surface area contributed by atoms with Crippen LogP contribution in [0.5, 0.6) is 0 Å². The second kappa shape index (κ2) is 24.3. The lowest BCUT2D eigenvalue weighted by Crippen LogP contribution is -2.62. The standard InChI is InChI=1S/C67H100O15/c1-13-16-44-45(21-22-47-46(72-44)23-24-48-52(74-47)28-57-63(78-48)41(10)62-49(75-57)18-15-17-43(71-62)20-19-34(3)14-2)73-51-27-37(6)66(12)59(77-55(51)31-60(68)69)30-54-56(81-66)26-35(4)25-50-53(76-54)29-58-61(79-50)38(7)39(8)65-64(80-58)40(9)42(11)67(82-65)32-36(5)33-70-67/h13,15,17,19-24,34-59,61-65H,1,14,16,18,25-33H2,2-12H3,(H,68,69)/b20-19+/t34-,35-,36+,37-,38+,39?,40+,41-,42+,43-,44-,45+,46+,47-,48-,49+,50+,51-,52+,53-,54+,55+,56-,57-,58+,59-,61-,62-,63+,64-,65+,66+,67-/m1/s1. The largest absolute Gasteiger partial charge is 0.481 e. The first kappa shape index (κ1) is 60.0. The normalized spacial score (nSPS) is 53.9. The zero-order valence-corrected chi connectivity index (χ0v) is 50.9. The van der Waals surface area contributed by atoms with Crippen molar-refractivity contribution >= 4 is 5.97 Å². The fourth-order valence-electron chi connectivity index (χ4n) is 16.9. The van der Waals surface area contributed by atoms with E-state index in [1.165, 1.54) is 0 Å². The highest BCUT2D eigenvalue weighted by atomic mass is 16.7. The summed E-state index contributed by atoms with van der Waals surface area (Å²) in [5.41, 5.74) is -0.740. The Kier molecular flexibility index (Phi) is 17.8. The molecule has 1 unspecified atom stereocenters. The van der Waals surface area contributed by atoms with Gasteiger partial charge < -0.3 is 66.7 Å². The molecule has 12 rings (SSSR count). The Morgan fingerprint density at radius 1 is 0.646 bits per heavy atom. The van der Waals surface area contributed by atoms with Crippen LogP contribution in [0, 0.1) is 53.3 Å². The van der Waals surface area contributed by atoms with Gasteiger partial charge in [0, 0.05) is 37.5 Å². The average Bonchev–Trinajstić information content (AvgIpc) is 2.20. The van der Waals surface area contributed by atoms with Gasteiger partial charge in [-0.15, -0.1) is 6.58 Å². The fraction of sp³-hybridized carbons (Fsp3) is 0.836. The molecule has 9 fully saturated rings. The molecule has 0 aromatic carbocycles. The van der Waals surface area contributed by atoms with E-state index >= 15 is 0 Å². The molecule has 458 valence electrons. The Hall–Kier alpha value is -2.35. The van der Waals surface area contributed by atoms with E-state index in [1.807, 2.05) is 6.08 Å². The molecule has 0 amide bonds. The summed E-state index contributed by atoms with van der Waals surface area (Å²) in [7, 11) is 0. The summed E-state index contributed by atoms with van der Waals surface area (Å²) in [6.45, 7) is 29.7. The number of aliphatic carboxylic acids is 1. The van der Waals surface area contributed by atoms with Crippen molar-refractivity contribution < 1.29 is 71.5 Å². The molecule has 12 aliphatic heterocycles. The number of carbonyl (C=O) groups is 1. The Morgan fingerprint density at radius 2 is 1.32 bits per heavy atom. The van der Waals surface area contributed by atoms with Crippen LogP contribution in [0.15, 0.2) is 61.3 Å². The lowest BCUT2D eigenvalue weighted by Gasteiger charge is -2.53. The predicted octanol–water partition coefficient (Wildman–Crippen LogP) is 10.5. The Balaban J connectivity index is 0.730. The van der Waals surface area contributed by atoms with Crippen LogP contribution in [0.3, 0.4) is 0 Å². The van der Waals surface area contributed by atoms with Crippen LogP contribution in [0.25, 0.3) is 0 Å². The number of fused-ring (bicyclic) bond motifs is 9. The summed E-state index contributed by atoms with van der Waals surface area (Å²) in [6.07, 6.45) is 20.1. The van der Waals surface area contributed by atoms with Crippen molar-refractivity contribution in [2.45, 2.75) is 292 Å². The van der Waals surface area contributed by atoms with Gasteiger partial charge in [0.1, 0.15) is 24.4 Å². The molecule has 1 spiro atoms. The molecule has 15 heteroatoms. The quantitative estimate of drug-likeness (QED) is 0.217. The molecule has 0 bridgehead atoms. The van der Waals surface area contributed by atoms with E-state index in [0.717, 1.165) is 38.7 Å². The first-order valence-electron chi connectivity index (χ1n) is 32.4.